The summed E-state index contributed by atoms with van der Waals surface area (Å²) in [5.41, 5.74) is 2.81. The first kappa shape index (κ1) is 12.3. The summed E-state index contributed by atoms with van der Waals surface area (Å²) in [6.07, 6.45) is 0.549. The van der Waals surface area contributed by atoms with Crippen LogP contribution < -0.4 is 0 Å². The number of benzene rings is 1. The average Bonchev–Trinajstić information content (AvgIpc) is 1.99. The van der Waals surface area contributed by atoms with E-state index in [1.165, 1.54) is 0 Å². The monoisotopic (exact) mass is 244 g/mol. The van der Waals surface area contributed by atoms with Crippen LogP contribution in [-0.2, 0) is 15.5 Å². The molecule has 0 atom stereocenters. The van der Waals surface area contributed by atoms with Crippen molar-refractivity contribution in [2.75, 3.05) is 5.75 Å². The highest BCUT2D eigenvalue weighted by Gasteiger charge is 2.08. The molecule has 0 radical (unpaired) electrons. The molecule has 2 nitrogen and oxygen atoms in total. The summed E-state index contributed by atoms with van der Waals surface area (Å²) in [6, 6.07) is 7.88. The van der Waals surface area contributed by atoms with Crippen molar-refractivity contribution >= 4 is 19.7 Å². The Labute approximate surface area is 95.0 Å². The molecule has 1 aromatic carbocycles. The first-order chi connectivity index (χ1) is 6.87. The summed E-state index contributed by atoms with van der Waals surface area (Å²) in [4.78, 5) is 0. The Morgan fingerprint density at radius 2 is 2.13 bits per heavy atom. The van der Waals surface area contributed by atoms with Gasteiger partial charge in [0.2, 0.25) is 9.05 Å². The highest BCUT2D eigenvalue weighted by molar-refractivity contribution is 8.13. The van der Waals surface area contributed by atoms with Crippen molar-refractivity contribution in [1.29, 1.82) is 0 Å². The Morgan fingerprint density at radius 1 is 1.47 bits per heavy atom. The van der Waals surface area contributed by atoms with E-state index in [4.69, 9.17) is 10.7 Å². The lowest BCUT2D eigenvalue weighted by Crippen LogP contribution is -2.02. The fourth-order valence-corrected chi connectivity index (χ4v) is 2.46. The van der Waals surface area contributed by atoms with Gasteiger partial charge in [0.25, 0.3) is 0 Å². The van der Waals surface area contributed by atoms with Gasteiger partial charge in [0.15, 0.2) is 0 Å². The van der Waals surface area contributed by atoms with Crippen molar-refractivity contribution in [3.05, 3.63) is 47.5 Å². The smallest absolute Gasteiger partial charge is 0.212 e. The number of rotatable bonds is 4. The van der Waals surface area contributed by atoms with Crippen LogP contribution in [0, 0.1) is 6.92 Å². The van der Waals surface area contributed by atoms with Crippen molar-refractivity contribution in [2.45, 2.75) is 13.3 Å². The number of hydrogen-bond acceptors (Lipinski definition) is 2. The molecule has 1 aromatic rings. The van der Waals surface area contributed by atoms with E-state index in [-0.39, 0.29) is 5.75 Å². The minimum Gasteiger partial charge on any atom is -0.212 e. The van der Waals surface area contributed by atoms with E-state index in [0.29, 0.717) is 12.0 Å². The third-order valence-corrected chi connectivity index (χ3v) is 2.99. The maximum absolute atomic E-state index is 10.8. The van der Waals surface area contributed by atoms with E-state index >= 15 is 0 Å². The van der Waals surface area contributed by atoms with E-state index in [0.717, 1.165) is 11.1 Å². The summed E-state index contributed by atoms with van der Waals surface area (Å²) < 4.78 is 21.6. The van der Waals surface area contributed by atoms with Gasteiger partial charge in [-0.25, -0.2) is 8.42 Å². The standard InChI is InChI=1S/C11H13ClO2S/c1-9-4-3-5-11(6-9)7-10(2)8-15(12,13)14/h3-6H,2,7-8H2,1H3. The van der Waals surface area contributed by atoms with Gasteiger partial charge < -0.3 is 0 Å². The Kier molecular flexibility index (Phi) is 3.94. The van der Waals surface area contributed by atoms with E-state index in [1.54, 1.807) is 0 Å². The van der Waals surface area contributed by atoms with Crippen LogP contribution in [0.3, 0.4) is 0 Å². The van der Waals surface area contributed by atoms with Crippen molar-refractivity contribution in [1.82, 2.24) is 0 Å². The summed E-state index contributed by atoms with van der Waals surface area (Å²) in [5.74, 6) is -0.164. The maximum atomic E-state index is 10.8. The third-order valence-electron chi connectivity index (χ3n) is 1.91. The zero-order valence-corrected chi connectivity index (χ0v) is 10.1. The van der Waals surface area contributed by atoms with Crippen LogP contribution in [0.2, 0.25) is 0 Å². The normalized spacial score (nSPS) is 11.3. The van der Waals surface area contributed by atoms with Gasteiger partial charge in [0.1, 0.15) is 0 Å². The first-order valence-electron chi connectivity index (χ1n) is 4.51. The van der Waals surface area contributed by atoms with Crippen LogP contribution in [0.5, 0.6) is 0 Å². The topological polar surface area (TPSA) is 34.1 Å². The average molecular weight is 245 g/mol. The minimum absolute atomic E-state index is 0.164. The lowest BCUT2D eigenvalue weighted by Gasteiger charge is -2.04. The lowest BCUT2D eigenvalue weighted by atomic mass is 10.1. The molecule has 0 heterocycles. The summed E-state index contributed by atoms with van der Waals surface area (Å²) >= 11 is 0. The van der Waals surface area contributed by atoms with Gasteiger partial charge in [-0.2, -0.15) is 0 Å². The van der Waals surface area contributed by atoms with Gasteiger partial charge in [-0.3, -0.25) is 0 Å². The predicted octanol–water partition coefficient (Wildman–Crippen LogP) is 2.66. The number of hydrogen-bond donors (Lipinski definition) is 0. The molecular formula is C11H13ClO2S. The second kappa shape index (κ2) is 4.81. The maximum Gasteiger partial charge on any atom is 0.236 e. The van der Waals surface area contributed by atoms with Gasteiger partial charge in [-0.1, -0.05) is 42.0 Å². The van der Waals surface area contributed by atoms with E-state index in [1.807, 2.05) is 31.2 Å². The minimum atomic E-state index is -3.48. The molecule has 0 N–H and O–H groups in total. The molecule has 0 aliphatic rings. The molecule has 0 bridgehead atoms. The molecule has 0 spiro atoms. The Bertz CT molecular complexity index is 463. The van der Waals surface area contributed by atoms with Crippen molar-refractivity contribution in [2.24, 2.45) is 0 Å². The van der Waals surface area contributed by atoms with E-state index < -0.39 is 9.05 Å². The quantitative estimate of drug-likeness (QED) is 0.603. The Hall–Kier alpha value is -0.800. The van der Waals surface area contributed by atoms with Crippen LogP contribution in [0.4, 0.5) is 0 Å². The third kappa shape index (κ3) is 5.00. The van der Waals surface area contributed by atoms with Crippen LogP contribution in [0.1, 0.15) is 11.1 Å². The van der Waals surface area contributed by atoms with Gasteiger partial charge in [-0.15, -0.1) is 0 Å². The van der Waals surface area contributed by atoms with Crippen molar-refractivity contribution in [3.63, 3.8) is 0 Å². The highest BCUT2D eigenvalue weighted by atomic mass is 35.7. The Balaban J connectivity index is 2.67. The molecule has 0 aliphatic carbocycles. The molecule has 4 heteroatoms. The predicted molar refractivity (Wildman–Crippen MR) is 63.7 cm³/mol. The van der Waals surface area contributed by atoms with Crippen LogP contribution in [0.25, 0.3) is 0 Å². The lowest BCUT2D eigenvalue weighted by molar-refractivity contribution is 0.611. The van der Waals surface area contributed by atoms with E-state index in [9.17, 15) is 8.42 Å². The molecule has 1 rings (SSSR count). The van der Waals surface area contributed by atoms with E-state index in [2.05, 4.69) is 6.58 Å². The zero-order chi connectivity index (χ0) is 11.5. The molecule has 0 saturated heterocycles. The second-order valence-electron chi connectivity index (χ2n) is 3.60. The molecule has 0 fully saturated rings. The van der Waals surface area contributed by atoms with Gasteiger partial charge >= 0.3 is 0 Å². The SMILES string of the molecule is C=C(Cc1cccc(C)c1)CS(=O)(=O)Cl. The molecular weight excluding hydrogens is 232 g/mol. The number of halogens is 1. The van der Waals surface area contributed by atoms with Crippen LogP contribution >= 0.6 is 10.7 Å². The molecule has 0 unspecified atom stereocenters. The fourth-order valence-electron chi connectivity index (χ4n) is 1.41. The highest BCUT2D eigenvalue weighted by Crippen LogP contribution is 2.12. The summed E-state index contributed by atoms with van der Waals surface area (Å²) in [5, 5.41) is 0. The number of aryl methyl sites for hydroxylation is 1. The first-order valence-corrected chi connectivity index (χ1v) is 6.99. The Morgan fingerprint density at radius 3 is 2.67 bits per heavy atom. The van der Waals surface area contributed by atoms with Crippen LogP contribution in [-0.4, -0.2) is 14.2 Å². The van der Waals surface area contributed by atoms with Crippen molar-refractivity contribution in [3.8, 4) is 0 Å². The van der Waals surface area contributed by atoms with Gasteiger partial charge in [-0.05, 0) is 18.9 Å². The van der Waals surface area contributed by atoms with Crippen LogP contribution in [0.15, 0.2) is 36.4 Å². The molecule has 82 valence electrons. The second-order valence-corrected chi connectivity index (χ2v) is 6.38. The molecule has 0 aromatic heterocycles. The largest absolute Gasteiger partial charge is 0.236 e. The molecule has 0 aliphatic heterocycles. The zero-order valence-electron chi connectivity index (χ0n) is 8.53. The molecule has 0 amide bonds. The van der Waals surface area contributed by atoms with Gasteiger partial charge in [0.05, 0.1) is 5.75 Å². The van der Waals surface area contributed by atoms with Gasteiger partial charge in [0, 0.05) is 10.7 Å². The summed E-state index contributed by atoms with van der Waals surface area (Å²) in [6.45, 7) is 5.69. The molecule has 15 heavy (non-hydrogen) atoms. The van der Waals surface area contributed by atoms with Crippen molar-refractivity contribution < 1.29 is 8.42 Å². The molecule has 0 saturated carbocycles. The fraction of sp³-hybridized carbons (Fsp3) is 0.273. The summed E-state index contributed by atoms with van der Waals surface area (Å²) in [7, 11) is 1.66.